The summed E-state index contributed by atoms with van der Waals surface area (Å²) in [6.07, 6.45) is 1.86. The zero-order valence-electron chi connectivity index (χ0n) is 30.5. The molecule has 0 bridgehead atoms. The minimum atomic E-state index is -1.19. The molecule has 2 saturated heterocycles. The SMILES string of the molecule is C=CCC(C[C@H](NC(=O)[C@@H]1CCCN2C(=O)CC[C@H](NC(=O)Nc3ccc(Oc4ccccc4)cc3)C(=O)N12)C(=O)CSCc1ccc(OC)cc1)C(=O)O. The number of carbonyl (C=O) groups excluding carboxylic acids is 5. The van der Waals surface area contributed by atoms with Crippen LogP contribution >= 0.6 is 11.8 Å². The summed E-state index contributed by atoms with van der Waals surface area (Å²) in [6, 6.07) is 19.0. The van der Waals surface area contributed by atoms with Gasteiger partial charge in [-0.3, -0.25) is 29.0 Å². The number of hydrogen-bond acceptors (Lipinski definition) is 9. The molecule has 55 heavy (non-hydrogen) atoms. The molecule has 3 aromatic rings. The van der Waals surface area contributed by atoms with Gasteiger partial charge in [-0.05, 0) is 86.2 Å². The maximum absolute atomic E-state index is 14.1. The zero-order chi connectivity index (χ0) is 39.3. The first kappa shape index (κ1) is 40.4. The molecule has 4 atom stereocenters. The number of ketones is 1. The van der Waals surface area contributed by atoms with Gasteiger partial charge in [-0.2, -0.15) is 0 Å². The number of thioether (sulfide) groups is 1. The molecule has 2 heterocycles. The van der Waals surface area contributed by atoms with Gasteiger partial charge >= 0.3 is 12.0 Å². The summed E-state index contributed by atoms with van der Waals surface area (Å²) in [5.74, 6) is -1.88. The molecule has 3 aromatic carbocycles. The number of nitrogens with zero attached hydrogens (tertiary/aromatic N) is 2. The first-order valence-corrected chi connectivity index (χ1v) is 19.1. The molecule has 0 aliphatic carbocycles. The Labute approximate surface area is 323 Å². The number of hydrogen-bond donors (Lipinski definition) is 4. The lowest BCUT2D eigenvalue weighted by Crippen LogP contribution is -2.64. The fourth-order valence-electron chi connectivity index (χ4n) is 6.38. The summed E-state index contributed by atoms with van der Waals surface area (Å²) in [7, 11) is 1.57. The predicted molar refractivity (Wildman–Crippen MR) is 206 cm³/mol. The zero-order valence-corrected chi connectivity index (χ0v) is 31.3. The first-order chi connectivity index (χ1) is 26.6. The molecule has 1 unspecified atom stereocenters. The van der Waals surface area contributed by atoms with Crippen molar-refractivity contribution in [1.29, 1.82) is 0 Å². The van der Waals surface area contributed by atoms with Crippen LogP contribution in [0.1, 0.15) is 44.1 Å². The van der Waals surface area contributed by atoms with E-state index in [1.807, 2.05) is 54.6 Å². The first-order valence-electron chi connectivity index (χ1n) is 18.0. The van der Waals surface area contributed by atoms with Crippen LogP contribution in [0.2, 0.25) is 0 Å². The number of hydrazine groups is 1. The number of carboxylic acid groups (broad SMARTS) is 1. The lowest BCUT2D eigenvalue weighted by atomic mass is 9.94. The second-order valence-electron chi connectivity index (χ2n) is 13.2. The Morgan fingerprint density at radius 3 is 2.33 bits per heavy atom. The third kappa shape index (κ3) is 11.1. The number of methoxy groups -OCH3 is 1. The Balaban J connectivity index is 1.26. The van der Waals surface area contributed by atoms with Crippen LogP contribution in [0.15, 0.2) is 91.5 Å². The number of aliphatic carboxylic acids is 1. The number of rotatable bonds is 17. The van der Waals surface area contributed by atoms with Crippen molar-refractivity contribution >= 4 is 53.0 Å². The Morgan fingerprint density at radius 1 is 0.964 bits per heavy atom. The van der Waals surface area contributed by atoms with Crippen molar-refractivity contribution in [2.45, 2.75) is 62.4 Å². The number of anilines is 1. The number of fused-ring (bicyclic) bond motifs is 1. The van der Waals surface area contributed by atoms with Crippen molar-refractivity contribution in [3.05, 3.63) is 97.1 Å². The van der Waals surface area contributed by atoms with E-state index in [4.69, 9.17) is 9.47 Å². The smallest absolute Gasteiger partial charge is 0.319 e. The number of benzene rings is 3. The van der Waals surface area contributed by atoms with Gasteiger partial charge in [0.25, 0.3) is 5.91 Å². The van der Waals surface area contributed by atoms with Crippen LogP contribution in [0.5, 0.6) is 17.2 Å². The molecule has 2 fully saturated rings. The van der Waals surface area contributed by atoms with Crippen molar-refractivity contribution < 1.29 is 43.3 Å². The number of carbonyl (C=O) groups is 6. The monoisotopic (exact) mass is 771 g/mol. The highest BCUT2D eigenvalue weighted by Gasteiger charge is 2.45. The van der Waals surface area contributed by atoms with Crippen molar-refractivity contribution in [3.8, 4) is 17.2 Å². The Hall–Kier alpha value is -5.83. The lowest BCUT2D eigenvalue weighted by molar-refractivity contribution is -0.176. The van der Waals surface area contributed by atoms with E-state index in [1.54, 1.807) is 31.4 Å². The highest BCUT2D eigenvalue weighted by Crippen LogP contribution is 2.27. The predicted octanol–water partition coefficient (Wildman–Crippen LogP) is 5.16. The molecule has 290 valence electrons. The van der Waals surface area contributed by atoms with E-state index < -0.39 is 47.9 Å². The number of amides is 5. The van der Waals surface area contributed by atoms with Crippen LogP contribution in [0.25, 0.3) is 0 Å². The van der Waals surface area contributed by atoms with Crippen molar-refractivity contribution in [3.63, 3.8) is 0 Å². The van der Waals surface area contributed by atoms with E-state index >= 15 is 0 Å². The normalized spacial score (nSPS) is 17.8. The van der Waals surface area contributed by atoms with Crippen LogP contribution in [0, 0.1) is 5.92 Å². The second kappa shape index (κ2) is 19.5. The third-order valence-corrected chi connectivity index (χ3v) is 10.3. The summed E-state index contributed by atoms with van der Waals surface area (Å²) in [5, 5.41) is 20.3. The lowest BCUT2D eigenvalue weighted by Gasteiger charge is -2.43. The van der Waals surface area contributed by atoms with Crippen LogP contribution in [-0.4, -0.2) is 88.2 Å². The van der Waals surface area contributed by atoms with Gasteiger partial charge in [-0.1, -0.05) is 36.4 Å². The number of urea groups is 1. The van der Waals surface area contributed by atoms with E-state index in [2.05, 4.69) is 22.5 Å². The second-order valence-corrected chi connectivity index (χ2v) is 14.1. The molecule has 0 saturated carbocycles. The van der Waals surface area contributed by atoms with E-state index in [1.165, 1.54) is 22.8 Å². The number of allylic oxidation sites excluding steroid dienone is 1. The number of para-hydroxylation sites is 1. The summed E-state index contributed by atoms with van der Waals surface area (Å²) in [4.78, 5) is 80.1. The van der Waals surface area contributed by atoms with Gasteiger partial charge in [0.1, 0.15) is 29.3 Å². The maximum atomic E-state index is 14.1. The van der Waals surface area contributed by atoms with Gasteiger partial charge in [0.05, 0.1) is 24.8 Å². The van der Waals surface area contributed by atoms with Crippen LogP contribution in [-0.2, 0) is 29.7 Å². The summed E-state index contributed by atoms with van der Waals surface area (Å²) < 4.78 is 11.0. The quantitative estimate of drug-likeness (QED) is 0.134. The maximum Gasteiger partial charge on any atom is 0.319 e. The third-order valence-electron chi connectivity index (χ3n) is 9.26. The topological polar surface area (TPSA) is 184 Å². The summed E-state index contributed by atoms with van der Waals surface area (Å²) in [5.41, 5.74) is 1.38. The molecule has 5 rings (SSSR count). The molecule has 15 heteroatoms. The molecule has 14 nitrogen and oxygen atoms in total. The van der Waals surface area contributed by atoms with Crippen LogP contribution in [0.4, 0.5) is 10.5 Å². The van der Waals surface area contributed by atoms with E-state index in [9.17, 15) is 33.9 Å². The number of nitrogens with one attached hydrogen (secondary N) is 3. The van der Waals surface area contributed by atoms with E-state index in [0.717, 1.165) is 10.6 Å². The van der Waals surface area contributed by atoms with Gasteiger partial charge in [0, 0.05) is 24.4 Å². The standard InChI is InChI=1S/C40H45N5O9S/c1-3-8-27(39(50)51)23-33(35(46)25-55-24-26-12-16-29(53-2)17-13-26)42-37(48)34-11-7-22-44-36(47)21-20-32(38(49)45(34)44)43-40(52)41-28-14-18-31(19-15-28)54-30-9-5-4-6-10-30/h3-6,9-10,12-19,27,32-34H,1,7-8,11,20-25H2,2H3,(H,42,48)(H,50,51)(H2,41,43,52)/t27?,32-,33-,34-/m0/s1. The molecule has 0 aromatic heterocycles. The van der Waals surface area contributed by atoms with Gasteiger partial charge in [-0.25, -0.2) is 9.80 Å². The van der Waals surface area contributed by atoms with E-state index in [-0.39, 0.29) is 56.1 Å². The number of ether oxygens (including phenoxy) is 2. The fraction of sp³-hybridized carbons (Fsp3) is 0.350. The molecule has 0 radical (unpaired) electrons. The minimum absolute atomic E-state index is 0.00462. The average molecular weight is 772 g/mol. The molecule has 2 aliphatic heterocycles. The highest BCUT2D eigenvalue weighted by molar-refractivity contribution is 7.99. The van der Waals surface area contributed by atoms with Crippen molar-refractivity contribution in [1.82, 2.24) is 20.7 Å². The van der Waals surface area contributed by atoms with Crippen LogP contribution in [0.3, 0.4) is 0 Å². The van der Waals surface area contributed by atoms with Gasteiger partial charge in [-0.15, -0.1) is 18.3 Å². The highest BCUT2D eigenvalue weighted by atomic mass is 32.2. The van der Waals surface area contributed by atoms with Crippen molar-refractivity contribution in [2.24, 2.45) is 5.92 Å². The van der Waals surface area contributed by atoms with Crippen LogP contribution < -0.4 is 25.4 Å². The fourth-order valence-corrected chi connectivity index (χ4v) is 7.31. The molecule has 4 N–H and O–H groups in total. The van der Waals surface area contributed by atoms with Gasteiger partial charge in [0.2, 0.25) is 11.8 Å². The summed E-state index contributed by atoms with van der Waals surface area (Å²) >= 11 is 1.32. The number of Topliss-reactive ketones (excluding diaryl/α,β-unsaturated/α-hetero) is 1. The summed E-state index contributed by atoms with van der Waals surface area (Å²) in [6.45, 7) is 3.82. The molecule has 0 spiro atoms. The Kier molecular flexibility index (Phi) is 14.3. The number of carboxylic acids is 1. The van der Waals surface area contributed by atoms with E-state index in [0.29, 0.717) is 35.1 Å². The Bertz CT molecular complexity index is 1840. The minimum Gasteiger partial charge on any atom is -0.497 e. The Morgan fingerprint density at radius 2 is 1.65 bits per heavy atom. The van der Waals surface area contributed by atoms with Gasteiger partial charge < -0.3 is 30.5 Å². The van der Waals surface area contributed by atoms with Crippen molar-refractivity contribution in [2.75, 3.05) is 24.7 Å². The molecular formula is C40H45N5O9S. The molecule has 2 aliphatic rings. The largest absolute Gasteiger partial charge is 0.497 e. The molecular weight excluding hydrogens is 727 g/mol. The van der Waals surface area contributed by atoms with Gasteiger partial charge in [0.15, 0.2) is 5.78 Å². The molecule has 5 amide bonds. The average Bonchev–Trinajstić information content (AvgIpc) is 3.30.